The number of anilines is 1. The average Bonchev–Trinajstić information content (AvgIpc) is 3.15. The van der Waals surface area contributed by atoms with Crippen LogP contribution in [0.2, 0.25) is 10.0 Å². The van der Waals surface area contributed by atoms with Crippen molar-refractivity contribution in [2.45, 2.75) is 31.0 Å². The Hall–Kier alpha value is -2.90. The third-order valence-electron chi connectivity index (χ3n) is 5.82. The average molecular weight is 510 g/mol. The second-order valence-corrected chi connectivity index (χ2v) is 9.02. The fourth-order valence-corrected chi connectivity index (χ4v) is 4.55. The number of carboxylic acids is 1. The first kappa shape index (κ1) is 24.2. The van der Waals surface area contributed by atoms with E-state index in [4.69, 9.17) is 27.9 Å². The van der Waals surface area contributed by atoms with Crippen molar-refractivity contribution in [3.63, 3.8) is 0 Å². The van der Waals surface area contributed by atoms with Gasteiger partial charge in [0.2, 0.25) is 0 Å². The monoisotopic (exact) mass is 509 g/mol. The van der Waals surface area contributed by atoms with Crippen molar-refractivity contribution in [2.24, 2.45) is 0 Å². The van der Waals surface area contributed by atoms with Gasteiger partial charge in [-0.3, -0.25) is 0 Å². The maximum Gasteiger partial charge on any atom is 0.419 e. The maximum absolute atomic E-state index is 13.6. The van der Waals surface area contributed by atoms with Gasteiger partial charge in [-0.15, -0.1) is 0 Å². The lowest BCUT2D eigenvalue weighted by atomic mass is 9.95. The summed E-state index contributed by atoms with van der Waals surface area (Å²) in [4.78, 5) is 12.2. The standard InChI is InChI=1S/C25H20Cl2F3NO3/c26-18-5-8-21(27)15(11-18)9-10-34-22-12-19(6-7-20(22)25(28,29)30)31-24(23(32)33)13-16-3-1-2-4-17(16)14-24/h1-8,11-12,31H,9-10,13-14H2,(H,32,33). The van der Waals surface area contributed by atoms with Gasteiger partial charge in [-0.25, -0.2) is 4.79 Å². The zero-order chi connectivity index (χ0) is 24.5. The predicted octanol–water partition coefficient (Wildman–Crippen LogP) is 6.67. The van der Waals surface area contributed by atoms with E-state index in [0.29, 0.717) is 15.6 Å². The SMILES string of the molecule is O=C(O)C1(Nc2ccc(C(F)(F)F)c(OCCc3cc(Cl)ccc3Cl)c2)Cc2ccccc2C1. The summed E-state index contributed by atoms with van der Waals surface area (Å²) in [5.74, 6) is -1.48. The van der Waals surface area contributed by atoms with E-state index in [1.54, 1.807) is 18.2 Å². The number of ether oxygens (including phenoxy) is 1. The topological polar surface area (TPSA) is 58.6 Å². The van der Waals surface area contributed by atoms with E-state index >= 15 is 0 Å². The van der Waals surface area contributed by atoms with Crippen molar-refractivity contribution in [3.8, 4) is 5.75 Å². The molecule has 0 bridgehead atoms. The number of hydrogen-bond acceptors (Lipinski definition) is 3. The van der Waals surface area contributed by atoms with E-state index in [0.717, 1.165) is 17.2 Å². The van der Waals surface area contributed by atoms with E-state index in [-0.39, 0.29) is 31.6 Å². The summed E-state index contributed by atoms with van der Waals surface area (Å²) in [6.45, 7) is -0.0812. The zero-order valence-electron chi connectivity index (χ0n) is 17.8. The highest BCUT2D eigenvalue weighted by atomic mass is 35.5. The van der Waals surface area contributed by atoms with Crippen molar-refractivity contribution in [2.75, 3.05) is 11.9 Å². The molecule has 3 aromatic carbocycles. The summed E-state index contributed by atoms with van der Waals surface area (Å²) in [5, 5.41) is 13.8. The summed E-state index contributed by atoms with van der Waals surface area (Å²) in [7, 11) is 0. The van der Waals surface area contributed by atoms with Crippen molar-refractivity contribution in [3.05, 3.63) is 93.0 Å². The molecule has 9 heteroatoms. The highest BCUT2D eigenvalue weighted by Crippen LogP contribution is 2.40. The first-order chi connectivity index (χ1) is 16.1. The summed E-state index contributed by atoms with van der Waals surface area (Å²) in [6.07, 6.45) is -3.98. The van der Waals surface area contributed by atoms with Crippen molar-refractivity contribution >= 4 is 34.9 Å². The molecular formula is C25H20Cl2F3NO3. The molecule has 1 aliphatic rings. The second kappa shape index (κ2) is 9.39. The Kier molecular flexibility index (Phi) is 6.69. The zero-order valence-corrected chi connectivity index (χ0v) is 19.3. The van der Waals surface area contributed by atoms with Gasteiger partial charge in [0.25, 0.3) is 0 Å². The van der Waals surface area contributed by atoms with E-state index < -0.39 is 29.0 Å². The summed E-state index contributed by atoms with van der Waals surface area (Å²) < 4.78 is 46.3. The van der Waals surface area contributed by atoms with Crippen LogP contribution >= 0.6 is 23.2 Å². The molecule has 3 aromatic rings. The van der Waals surface area contributed by atoms with E-state index in [9.17, 15) is 23.1 Å². The molecule has 0 saturated heterocycles. The minimum absolute atomic E-state index is 0.0812. The van der Waals surface area contributed by atoms with Crippen molar-refractivity contribution in [1.29, 1.82) is 0 Å². The number of fused-ring (bicyclic) bond motifs is 1. The number of carboxylic acid groups (broad SMARTS) is 1. The number of rotatable bonds is 7. The minimum atomic E-state index is -4.64. The van der Waals surface area contributed by atoms with E-state index in [1.807, 2.05) is 24.3 Å². The van der Waals surface area contributed by atoms with E-state index in [2.05, 4.69) is 5.32 Å². The number of nitrogens with one attached hydrogen (secondary N) is 1. The molecule has 0 aromatic heterocycles. The first-order valence-electron chi connectivity index (χ1n) is 10.4. The summed E-state index contributed by atoms with van der Waals surface area (Å²) in [5.41, 5.74) is 0.326. The Balaban J connectivity index is 1.58. The Labute approximate surface area is 204 Å². The predicted molar refractivity (Wildman–Crippen MR) is 125 cm³/mol. The number of aliphatic carboxylic acids is 1. The normalized spacial score (nSPS) is 14.5. The van der Waals surface area contributed by atoms with Gasteiger partial charge in [-0.05, 0) is 47.0 Å². The Morgan fingerprint density at radius 2 is 1.71 bits per heavy atom. The van der Waals surface area contributed by atoms with Gasteiger partial charge in [0.05, 0.1) is 12.2 Å². The van der Waals surface area contributed by atoms with Crippen LogP contribution in [-0.4, -0.2) is 23.2 Å². The summed E-state index contributed by atoms with van der Waals surface area (Å²) >= 11 is 12.1. The first-order valence-corrected chi connectivity index (χ1v) is 11.2. The molecule has 0 unspecified atom stereocenters. The number of alkyl halides is 3. The summed E-state index contributed by atoms with van der Waals surface area (Å²) in [6, 6.07) is 15.5. The lowest BCUT2D eigenvalue weighted by Gasteiger charge is -2.27. The van der Waals surface area contributed by atoms with Crippen LogP contribution in [0.4, 0.5) is 18.9 Å². The second-order valence-electron chi connectivity index (χ2n) is 8.18. The third-order valence-corrected chi connectivity index (χ3v) is 6.42. The molecule has 4 rings (SSSR count). The molecule has 0 fully saturated rings. The Morgan fingerprint density at radius 1 is 1.03 bits per heavy atom. The molecule has 2 N–H and O–H groups in total. The molecule has 0 aliphatic heterocycles. The quantitative estimate of drug-likeness (QED) is 0.373. The lowest BCUT2D eigenvalue weighted by Crippen LogP contribution is -2.47. The molecule has 0 atom stereocenters. The minimum Gasteiger partial charge on any atom is -0.493 e. The molecule has 0 saturated carbocycles. The molecule has 0 radical (unpaired) electrons. The molecule has 0 amide bonds. The van der Waals surface area contributed by atoms with Crippen molar-refractivity contribution in [1.82, 2.24) is 0 Å². The molecular weight excluding hydrogens is 490 g/mol. The molecule has 34 heavy (non-hydrogen) atoms. The molecule has 178 valence electrons. The van der Waals surface area contributed by atoms with Crippen LogP contribution in [-0.2, 0) is 30.2 Å². The van der Waals surface area contributed by atoms with Crippen LogP contribution in [0.25, 0.3) is 0 Å². The molecule has 1 aliphatic carbocycles. The van der Waals surface area contributed by atoms with Gasteiger partial charge in [0.15, 0.2) is 0 Å². The fraction of sp³-hybridized carbons (Fsp3) is 0.240. The van der Waals surface area contributed by atoms with Gasteiger partial charge in [-0.1, -0.05) is 47.5 Å². The molecule has 4 nitrogen and oxygen atoms in total. The molecule has 0 spiro atoms. The van der Waals surface area contributed by atoms with Crippen LogP contribution in [0.5, 0.6) is 5.75 Å². The fourth-order valence-electron chi connectivity index (χ4n) is 4.14. The third kappa shape index (κ3) is 5.10. The van der Waals surface area contributed by atoms with Gasteiger partial charge >= 0.3 is 12.1 Å². The van der Waals surface area contributed by atoms with Crippen LogP contribution in [0.15, 0.2) is 60.7 Å². The Morgan fingerprint density at radius 3 is 2.32 bits per heavy atom. The van der Waals surface area contributed by atoms with Gasteiger partial charge in [-0.2, -0.15) is 13.2 Å². The number of halogens is 5. The lowest BCUT2D eigenvalue weighted by molar-refractivity contribution is -0.142. The smallest absolute Gasteiger partial charge is 0.419 e. The van der Waals surface area contributed by atoms with Crippen molar-refractivity contribution < 1.29 is 27.8 Å². The highest BCUT2D eigenvalue weighted by molar-refractivity contribution is 6.33. The van der Waals surface area contributed by atoms with Crippen LogP contribution in [0, 0.1) is 0 Å². The number of hydrogen-bond donors (Lipinski definition) is 2. The van der Waals surface area contributed by atoms with Crippen LogP contribution in [0.3, 0.4) is 0 Å². The number of benzene rings is 3. The van der Waals surface area contributed by atoms with Crippen LogP contribution in [0.1, 0.15) is 22.3 Å². The molecule has 0 heterocycles. The highest BCUT2D eigenvalue weighted by Gasteiger charge is 2.44. The maximum atomic E-state index is 13.6. The van der Waals surface area contributed by atoms with Crippen LogP contribution < -0.4 is 10.1 Å². The van der Waals surface area contributed by atoms with Gasteiger partial charge in [0, 0.05) is 41.1 Å². The van der Waals surface area contributed by atoms with Gasteiger partial charge < -0.3 is 15.2 Å². The Bertz CT molecular complexity index is 1210. The van der Waals surface area contributed by atoms with Gasteiger partial charge in [0.1, 0.15) is 11.3 Å². The largest absolute Gasteiger partial charge is 0.493 e. The number of carbonyl (C=O) groups is 1. The van der Waals surface area contributed by atoms with E-state index in [1.165, 1.54) is 12.1 Å².